The summed E-state index contributed by atoms with van der Waals surface area (Å²) in [6, 6.07) is 7.38. The van der Waals surface area contributed by atoms with Crippen LogP contribution in [-0.4, -0.2) is 33.4 Å². The summed E-state index contributed by atoms with van der Waals surface area (Å²) in [5.74, 6) is -0.388. The van der Waals surface area contributed by atoms with Gasteiger partial charge in [0.2, 0.25) is 0 Å². The number of halogens is 3. The number of amides is 1. The number of nitro groups is 1. The summed E-state index contributed by atoms with van der Waals surface area (Å²) in [5.41, 5.74) is 0.733. The zero-order chi connectivity index (χ0) is 23.3. The minimum Gasteiger partial charge on any atom is -0.479 e. The summed E-state index contributed by atoms with van der Waals surface area (Å²) in [6.07, 6.45) is -1.93. The van der Waals surface area contributed by atoms with Crippen LogP contribution in [0.15, 0.2) is 47.1 Å². The molecule has 1 amide bonds. The molecule has 1 aromatic carbocycles. The first-order valence-electron chi connectivity index (χ1n) is 9.05. The normalized spacial score (nSPS) is 11.4. The van der Waals surface area contributed by atoms with E-state index < -0.39 is 30.3 Å². The molecule has 10 nitrogen and oxygen atoms in total. The van der Waals surface area contributed by atoms with Gasteiger partial charge in [0.05, 0.1) is 23.0 Å². The number of hydrogen-bond donors (Lipinski definition) is 1. The first kappa shape index (κ1) is 22.8. The van der Waals surface area contributed by atoms with Crippen LogP contribution in [0, 0.1) is 17.0 Å². The number of nitrogens with one attached hydrogen (secondary N) is 1. The van der Waals surface area contributed by atoms with Crippen LogP contribution in [0.3, 0.4) is 0 Å². The Kier molecular flexibility index (Phi) is 6.78. The van der Waals surface area contributed by atoms with Gasteiger partial charge in [0, 0.05) is 6.07 Å². The standard InChI is InChI=1S/C19H17F3N4O6/c1-12-2-4-16(15(6-12)26(28)29)31-9-14-3-5-17(32-14)18(27)24-13-7-23-25(8-13)11-30-10-19(20,21)22/h2-8H,9-11H2,1H3,(H,24,27). The molecule has 2 aromatic heterocycles. The number of furan rings is 1. The Labute approximate surface area is 178 Å². The van der Waals surface area contributed by atoms with Crippen molar-refractivity contribution >= 4 is 17.3 Å². The third-order valence-corrected chi connectivity index (χ3v) is 3.95. The van der Waals surface area contributed by atoms with Crippen LogP contribution in [0.1, 0.15) is 21.9 Å². The number of carbonyl (C=O) groups is 1. The highest BCUT2D eigenvalue weighted by atomic mass is 19.4. The third kappa shape index (κ3) is 6.31. The molecule has 0 atom stereocenters. The third-order valence-electron chi connectivity index (χ3n) is 3.95. The van der Waals surface area contributed by atoms with Gasteiger partial charge in [-0.25, -0.2) is 4.68 Å². The number of aryl methyl sites for hydroxylation is 1. The molecule has 32 heavy (non-hydrogen) atoms. The number of rotatable bonds is 9. The maximum Gasteiger partial charge on any atom is 0.411 e. The summed E-state index contributed by atoms with van der Waals surface area (Å²) in [5, 5.41) is 17.4. The smallest absolute Gasteiger partial charge is 0.411 e. The van der Waals surface area contributed by atoms with E-state index in [2.05, 4.69) is 15.2 Å². The number of hydrogen-bond acceptors (Lipinski definition) is 7. The molecule has 0 unspecified atom stereocenters. The number of benzene rings is 1. The van der Waals surface area contributed by atoms with Crippen molar-refractivity contribution in [1.29, 1.82) is 0 Å². The molecule has 0 saturated heterocycles. The molecule has 3 rings (SSSR count). The van der Waals surface area contributed by atoms with E-state index in [-0.39, 0.29) is 35.3 Å². The van der Waals surface area contributed by atoms with E-state index in [0.717, 1.165) is 4.68 Å². The van der Waals surface area contributed by atoms with Crippen molar-refractivity contribution in [2.75, 3.05) is 11.9 Å². The van der Waals surface area contributed by atoms with Crippen LogP contribution in [0.5, 0.6) is 5.75 Å². The highest BCUT2D eigenvalue weighted by molar-refractivity contribution is 6.02. The fourth-order valence-electron chi connectivity index (χ4n) is 2.56. The lowest BCUT2D eigenvalue weighted by Crippen LogP contribution is -2.18. The zero-order valence-electron chi connectivity index (χ0n) is 16.6. The second-order valence-corrected chi connectivity index (χ2v) is 6.60. The molecule has 0 bridgehead atoms. The topological polar surface area (TPSA) is 122 Å². The number of nitrogens with zero attached hydrogens (tertiary/aromatic N) is 3. The monoisotopic (exact) mass is 454 g/mol. The first-order valence-corrected chi connectivity index (χ1v) is 9.05. The van der Waals surface area contributed by atoms with Crippen LogP contribution < -0.4 is 10.1 Å². The Morgan fingerprint density at radius 3 is 2.81 bits per heavy atom. The van der Waals surface area contributed by atoms with Gasteiger partial charge in [-0.05, 0) is 30.7 Å². The van der Waals surface area contributed by atoms with Gasteiger partial charge in [-0.3, -0.25) is 14.9 Å². The highest BCUT2D eigenvalue weighted by Gasteiger charge is 2.27. The molecule has 0 aliphatic carbocycles. The predicted octanol–water partition coefficient (Wildman–Crippen LogP) is 4.06. The summed E-state index contributed by atoms with van der Waals surface area (Å²) >= 11 is 0. The second-order valence-electron chi connectivity index (χ2n) is 6.60. The van der Waals surface area contributed by atoms with Gasteiger partial charge in [0.15, 0.2) is 11.5 Å². The molecule has 13 heteroatoms. The fourth-order valence-corrected chi connectivity index (χ4v) is 2.56. The summed E-state index contributed by atoms with van der Waals surface area (Å²) in [4.78, 5) is 22.9. The zero-order valence-corrected chi connectivity index (χ0v) is 16.6. The molecule has 1 N–H and O–H groups in total. The number of anilines is 1. The minimum atomic E-state index is -4.45. The van der Waals surface area contributed by atoms with Gasteiger partial charge < -0.3 is 19.2 Å². The van der Waals surface area contributed by atoms with E-state index in [1.54, 1.807) is 13.0 Å². The van der Waals surface area contributed by atoms with E-state index in [1.807, 2.05) is 0 Å². The number of carbonyl (C=O) groups excluding carboxylic acids is 1. The minimum absolute atomic E-state index is 0.0585. The van der Waals surface area contributed by atoms with E-state index in [9.17, 15) is 28.1 Å². The van der Waals surface area contributed by atoms with Gasteiger partial charge in [0.25, 0.3) is 5.91 Å². The average molecular weight is 454 g/mol. The van der Waals surface area contributed by atoms with E-state index in [0.29, 0.717) is 5.56 Å². The Balaban J connectivity index is 1.55. The quantitative estimate of drug-likeness (QED) is 0.382. The van der Waals surface area contributed by atoms with Gasteiger partial charge in [-0.1, -0.05) is 6.07 Å². The largest absolute Gasteiger partial charge is 0.479 e. The van der Waals surface area contributed by atoms with E-state index in [1.165, 1.54) is 36.7 Å². The Hall–Kier alpha value is -3.87. The average Bonchev–Trinajstić information content (AvgIpc) is 3.35. The van der Waals surface area contributed by atoms with Crippen molar-refractivity contribution in [3.05, 3.63) is 69.9 Å². The first-order chi connectivity index (χ1) is 15.1. The number of alkyl halides is 3. The summed E-state index contributed by atoms with van der Waals surface area (Å²) in [7, 11) is 0. The molecular weight excluding hydrogens is 437 g/mol. The van der Waals surface area contributed by atoms with E-state index in [4.69, 9.17) is 9.15 Å². The van der Waals surface area contributed by atoms with Crippen LogP contribution in [-0.2, 0) is 18.1 Å². The summed E-state index contributed by atoms with van der Waals surface area (Å²) < 4.78 is 52.6. The van der Waals surface area contributed by atoms with Crippen LogP contribution in [0.4, 0.5) is 24.5 Å². The van der Waals surface area contributed by atoms with Crippen LogP contribution >= 0.6 is 0 Å². The van der Waals surface area contributed by atoms with Crippen molar-refractivity contribution < 1.29 is 36.8 Å². The lowest BCUT2D eigenvalue weighted by Gasteiger charge is -2.07. The fraction of sp³-hybridized carbons (Fsp3) is 0.263. The maximum atomic E-state index is 12.3. The van der Waals surface area contributed by atoms with Gasteiger partial charge >= 0.3 is 11.9 Å². The van der Waals surface area contributed by atoms with Gasteiger partial charge in [-0.2, -0.15) is 18.3 Å². The predicted molar refractivity (Wildman–Crippen MR) is 103 cm³/mol. The molecule has 0 saturated carbocycles. The molecule has 3 aromatic rings. The van der Waals surface area contributed by atoms with Gasteiger partial charge in [0.1, 0.15) is 25.7 Å². The molecule has 0 fully saturated rings. The number of aromatic nitrogens is 2. The number of ether oxygens (including phenoxy) is 2. The Morgan fingerprint density at radius 2 is 2.09 bits per heavy atom. The molecule has 2 heterocycles. The highest BCUT2D eigenvalue weighted by Crippen LogP contribution is 2.28. The molecule has 0 aliphatic heterocycles. The molecular formula is C19H17F3N4O6. The maximum absolute atomic E-state index is 12.3. The molecule has 0 aliphatic rings. The van der Waals surface area contributed by atoms with Crippen molar-refractivity contribution in [2.45, 2.75) is 26.4 Å². The Morgan fingerprint density at radius 1 is 1.31 bits per heavy atom. The second kappa shape index (κ2) is 9.51. The molecule has 0 radical (unpaired) electrons. The van der Waals surface area contributed by atoms with Crippen LogP contribution in [0.25, 0.3) is 0 Å². The molecule has 170 valence electrons. The van der Waals surface area contributed by atoms with Crippen molar-refractivity contribution in [3.63, 3.8) is 0 Å². The number of nitro benzene ring substituents is 1. The van der Waals surface area contributed by atoms with Crippen molar-refractivity contribution in [3.8, 4) is 5.75 Å². The SMILES string of the molecule is Cc1ccc(OCc2ccc(C(=O)Nc3cnn(COCC(F)(F)F)c3)o2)c([N+](=O)[O-])c1. The van der Waals surface area contributed by atoms with Gasteiger partial charge in [-0.15, -0.1) is 0 Å². The summed E-state index contributed by atoms with van der Waals surface area (Å²) in [6.45, 7) is -0.292. The lowest BCUT2D eigenvalue weighted by molar-refractivity contribution is -0.386. The lowest BCUT2D eigenvalue weighted by atomic mass is 10.2. The van der Waals surface area contributed by atoms with Crippen LogP contribution in [0.2, 0.25) is 0 Å². The van der Waals surface area contributed by atoms with E-state index >= 15 is 0 Å². The van der Waals surface area contributed by atoms with Crippen molar-refractivity contribution in [1.82, 2.24) is 9.78 Å². The molecule has 0 spiro atoms. The van der Waals surface area contributed by atoms with Crippen molar-refractivity contribution in [2.24, 2.45) is 0 Å². The Bertz CT molecular complexity index is 1110.